The Balaban J connectivity index is 0.000000250. The molecule has 0 saturated carbocycles. The summed E-state index contributed by atoms with van der Waals surface area (Å²) in [4.78, 5) is 126. The van der Waals surface area contributed by atoms with Gasteiger partial charge in [0, 0.05) is 113 Å². The van der Waals surface area contributed by atoms with Crippen molar-refractivity contribution in [1.29, 1.82) is 0 Å². The minimum Gasteiger partial charge on any atom is -0.505 e. The summed E-state index contributed by atoms with van der Waals surface area (Å²) in [6.07, 6.45) is 2.95. The first-order chi connectivity index (χ1) is 70.8. The summed E-state index contributed by atoms with van der Waals surface area (Å²) in [5.41, 5.74) is 4.84. The fourth-order valence-corrected chi connectivity index (χ4v) is 17.8. The van der Waals surface area contributed by atoms with Gasteiger partial charge in [0.15, 0.2) is 98.0 Å². The van der Waals surface area contributed by atoms with E-state index >= 15 is 0 Å². The number of alkyl halides is 1. The van der Waals surface area contributed by atoms with Crippen LogP contribution in [0, 0.1) is 19.0 Å². The molecule has 0 unspecified atom stereocenters. The summed E-state index contributed by atoms with van der Waals surface area (Å²) in [7, 11) is 8.95. The van der Waals surface area contributed by atoms with E-state index in [1.807, 2.05) is 78.1 Å². The Morgan fingerprint density at radius 2 is 0.660 bits per heavy atom. The Hall–Kier alpha value is -11.0. The summed E-state index contributed by atoms with van der Waals surface area (Å²) in [5, 5.41) is 24.0. The molecule has 13 rings (SSSR count). The number of Topliss-reactive ketones (excluding diaryl/α,β-unsaturated/α-hetero) is 7. The Morgan fingerprint density at radius 3 is 0.973 bits per heavy atom. The molecule has 784 valence electrons. The zero-order valence-electron chi connectivity index (χ0n) is 83.7. The third-order valence-corrected chi connectivity index (χ3v) is 25.3. The maximum Gasteiger partial charge on any atom is 0.246 e. The van der Waals surface area contributed by atoms with Crippen molar-refractivity contribution in [2.75, 3.05) is 106 Å². The third-order valence-electron chi connectivity index (χ3n) is 20.4. The monoisotopic (exact) mass is 2580 g/mol. The van der Waals surface area contributed by atoms with Crippen molar-refractivity contribution in [3.05, 3.63) is 253 Å². The molecule has 0 saturated heterocycles. The first-order valence-corrected chi connectivity index (χ1v) is 54.4. The first-order valence-electron chi connectivity index (χ1n) is 46.6. The molecule has 2 N–H and O–H groups in total. The lowest BCUT2D eigenvalue weighted by molar-refractivity contribution is -0.168. The number of rotatable bonds is 46. The number of ether oxygens (including phenoxy) is 12. The molecule has 29 nitrogen and oxygen atoms in total. The molecule has 7 aromatic heterocycles. The molecule has 13 aromatic rings. The minimum absolute atomic E-state index is 0.00529. The van der Waals surface area contributed by atoms with E-state index in [1.54, 1.807) is 139 Å². The Morgan fingerprint density at radius 1 is 0.361 bits per heavy atom. The van der Waals surface area contributed by atoms with Gasteiger partial charge < -0.3 is 67.1 Å². The molecule has 0 fully saturated rings. The number of nitrogens with zero attached hydrogens (tertiary/aromatic N) is 6. The maximum absolute atomic E-state index is 14.3. The standard InChI is InChI=1S/C29H28FNO5S.C28H26FNO6S.C21H24BrNO5.C16H23NO5.C7H7BrINO.C5H3BrINO.C2H5I/c1-4-15-36-25-13-9-18(16-27(25)34-3)23(32)11-12-24(33)22-10-14-26(35-5-2)28(31-22)20-17-37-29-19(20)7-6-8-21(29)30;1-3-35-25-12-8-21(30-27(25)19-16-37-28-18(19)5-4-6-20(28)29)23(33)10-9-22(32)17-7-11-24(36-14-13-31)26(15-17)34-2;1-4-12-28-18-10-6-14(13-20(18)26-3)16(24)8-9-17(25)15-7-11-19(27-5-2)21(22)23-15;1-5-10-22-14-8-6-12(11-15(14)20-3)13(18)7-9-16(19)17(2)21-4;1-2-11-5-3-4-6(9)10-7(5)8;6-5-3(9)1-2-4(7)8-5;1-2-3/h6-10,13-14,16-17H,4-5,11-12,15H2,1-3H3;4-8,11-12,15-16,31H,3,9-10,13-14H2,1-2H3;6-7,10-11,13H,4-5,8-9,12H2,1-3H3;6,8,11H,5,7,9-10H2,1-4H3;3-4H,2H2,1H3;1-2,9H;2H2,1H3. The zero-order valence-corrected chi connectivity index (χ0v) is 96.5. The van der Waals surface area contributed by atoms with Gasteiger partial charge in [-0.1, -0.05) is 74.6 Å². The zero-order chi connectivity index (χ0) is 108. The van der Waals surface area contributed by atoms with Crippen molar-refractivity contribution in [1.82, 2.24) is 30.0 Å². The summed E-state index contributed by atoms with van der Waals surface area (Å²) in [5.74, 6) is 4.30. The third kappa shape index (κ3) is 38.2. The second-order valence-corrected chi connectivity index (χ2v) is 38.3. The van der Waals surface area contributed by atoms with Crippen LogP contribution < -0.4 is 56.8 Å². The topological polar surface area (TPSA) is 365 Å². The second kappa shape index (κ2) is 65.7. The number of pyridine rings is 5. The minimum atomic E-state index is -0.318. The first kappa shape index (κ1) is 123. The van der Waals surface area contributed by atoms with Crippen LogP contribution in [-0.2, 0) is 9.63 Å². The van der Waals surface area contributed by atoms with Crippen LogP contribution in [0.2, 0.25) is 0 Å². The number of aliphatic hydroxyl groups is 1. The number of carbonyl (C=O) groups excluding carboxylic acids is 8. The normalized spacial score (nSPS) is 10.4. The molecule has 0 aliphatic carbocycles. The highest BCUT2D eigenvalue weighted by atomic mass is 127. The molecule has 0 aliphatic rings. The number of hydrogen-bond donors (Lipinski definition) is 2. The number of hydrogen-bond acceptors (Lipinski definition) is 30. The van der Waals surface area contributed by atoms with Crippen molar-refractivity contribution in [2.45, 2.75) is 126 Å². The number of thiophene rings is 2. The average Bonchev–Trinajstić information content (AvgIpc) is 1.63. The number of methoxy groups -OCH3 is 4. The van der Waals surface area contributed by atoms with Gasteiger partial charge in [-0.3, -0.25) is 43.2 Å². The molecule has 39 heteroatoms. The Bertz CT molecular complexity index is 6350. The number of ketones is 7. The van der Waals surface area contributed by atoms with E-state index < -0.39 is 0 Å². The highest BCUT2D eigenvalue weighted by Crippen LogP contribution is 2.43. The average molecular weight is 2590 g/mol. The largest absolute Gasteiger partial charge is 0.505 e. The van der Waals surface area contributed by atoms with Gasteiger partial charge in [-0.25, -0.2) is 38.8 Å². The molecule has 0 aliphatic heterocycles. The number of aromatic nitrogens is 5. The lowest BCUT2D eigenvalue weighted by atomic mass is 10.0. The van der Waals surface area contributed by atoms with Gasteiger partial charge in [0.05, 0.1) is 97.8 Å². The molecule has 0 radical (unpaired) electrons. The van der Waals surface area contributed by atoms with E-state index in [4.69, 9.17) is 71.9 Å². The molecular weight excluding hydrogens is 2470 g/mol. The Kier molecular flexibility index (Phi) is 54.9. The SMILES string of the molecule is CCCOc1ccc(C(=O)CCC(=O)N(C)OC)cc1OC.CCCOc1ccc(C(=O)CCC(=O)c2ccc(OCC)c(-c3csc4c(F)cccc34)n2)cc1OC.CCCOc1ccc(C(=O)CCC(=O)c2ccc(OCC)c(Br)n2)cc1OC.CCI.CCOc1ccc(C(=O)CCC(=O)c2ccc(OCCO)c(OC)c2)nc1-c1csc2c(F)cccc12.CCOc1ccc(I)nc1Br.Oc1ccc(I)nc1Br. The van der Waals surface area contributed by atoms with E-state index in [-0.39, 0.29) is 140 Å². The number of benzene rings is 6. The predicted molar refractivity (Wildman–Crippen MR) is 601 cm³/mol. The lowest BCUT2D eigenvalue weighted by Gasteiger charge is -2.13. The molecule has 0 bridgehead atoms. The van der Waals surface area contributed by atoms with Crippen LogP contribution in [0.4, 0.5) is 8.78 Å². The van der Waals surface area contributed by atoms with E-state index in [0.29, 0.717) is 189 Å². The van der Waals surface area contributed by atoms with Gasteiger partial charge in [0.1, 0.15) is 85.2 Å². The lowest BCUT2D eigenvalue weighted by Crippen LogP contribution is -2.25. The summed E-state index contributed by atoms with van der Waals surface area (Å²) >= 11 is 18.7. The maximum atomic E-state index is 14.3. The van der Waals surface area contributed by atoms with Crippen molar-refractivity contribution in [2.24, 2.45) is 0 Å². The molecule has 6 aromatic carbocycles. The smallest absolute Gasteiger partial charge is 0.246 e. The summed E-state index contributed by atoms with van der Waals surface area (Å²) < 4.78 is 99.8. The fourth-order valence-electron chi connectivity index (χ4n) is 13.2. The molecule has 7 heterocycles. The Labute approximate surface area is 927 Å². The van der Waals surface area contributed by atoms with Crippen molar-refractivity contribution >= 4 is 205 Å². The van der Waals surface area contributed by atoms with Gasteiger partial charge in [0.25, 0.3) is 0 Å². The van der Waals surface area contributed by atoms with Gasteiger partial charge in [-0.05, 0) is 290 Å². The van der Waals surface area contributed by atoms with E-state index in [9.17, 15) is 47.1 Å². The molecule has 147 heavy (non-hydrogen) atoms. The number of hydroxylamine groups is 2. The number of aliphatic hydroxyl groups excluding tert-OH is 1. The highest BCUT2D eigenvalue weighted by molar-refractivity contribution is 14.1. The predicted octanol–water partition coefficient (Wildman–Crippen LogP) is 26.7. The number of fused-ring (bicyclic) bond motifs is 2. The number of amides is 1. The number of halogens is 8. The van der Waals surface area contributed by atoms with Crippen LogP contribution in [0.25, 0.3) is 42.7 Å². The summed E-state index contributed by atoms with van der Waals surface area (Å²) in [6, 6.07) is 46.5. The van der Waals surface area contributed by atoms with E-state index in [0.717, 1.165) is 42.1 Å². The molecule has 0 spiro atoms. The quantitative estimate of drug-likeness (QED) is 0.0118. The van der Waals surface area contributed by atoms with E-state index in [1.165, 1.54) is 81.8 Å². The second-order valence-electron chi connectivity index (χ2n) is 30.6. The van der Waals surface area contributed by atoms with Crippen molar-refractivity contribution in [3.63, 3.8) is 0 Å². The van der Waals surface area contributed by atoms with Gasteiger partial charge >= 0.3 is 0 Å². The van der Waals surface area contributed by atoms with Gasteiger partial charge in [0.2, 0.25) is 5.91 Å². The van der Waals surface area contributed by atoms with Gasteiger partial charge in [-0.15, -0.1) is 22.7 Å². The molecule has 1 amide bonds. The highest BCUT2D eigenvalue weighted by Gasteiger charge is 2.26. The fraction of sp³-hybridized carbons (Fsp3) is 0.324. The number of carbonyl (C=O) groups is 8. The molecule has 0 atom stereocenters. The van der Waals surface area contributed by atoms with Crippen molar-refractivity contribution in [3.8, 4) is 97.3 Å². The van der Waals surface area contributed by atoms with Crippen LogP contribution in [0.5, 0.6) is 74.7 Å². The molecular formula is C108H116Br3F2I3N6O23S2. The van der Waals surface area contributed by atoms with Crippen molar-refractivity contribution < 1.29 is 119 Å². The van der Waals surface area contributed by atoms with Gasteiger partial charge in [-0.2, -0.15) is 0 Å². The number of aromatic hydroxyl groups is 1. The van der Waals surface area contributed by atoms with Crippen LogP contribution in [-0.4, -0.2) is 193 Å². The van der Waals surface area contributed by atoms with Crippen LogP contribution in [0.15, 0.2) is 194 Å². The van der Waals surface area contributed by atoms with E-state index in [2.05, 4.69) is 147 Å². The van der Waals surface area contributed by atoms with Crippen LogP contribution >= 0.6 is 138 Å². The summed E-state index contributed by atoms with van der Waals surface area (Å²) in [6.45, 7) is 19.3. The van der Waals surface area contributed by atoms with Crippen LogP contribution in [0.3, 0.4) is 0 Å². The van der Waals surface area contributed by atoms with Crippen LogP contribution in [0.1, 0.15) is 199 Å².